The quantitative estimate of drug-likeness (QED) is 0.655. The number of carbonyl (C=O) groups excluding carboxylic acids is 1. The first-order valence-corrected chi connectivity index (χ1v) is 6.89. The molecule has 1 amide bonds. The van der Waals surface area contributed by atoms with Gasteiger partial charge in [-0.05, 0) is 25.7 Å². The Kier molecular flexibility index (Phi) is 2.66. The lowest BCUT2D eigenvalue weighted by molar-refractivity contribution is -0.134. The highest BCUT2D eigenvalue weighted by molar-refractivity contribution is 5.87. The molecule has 0 aromatic carbocycles. The second-order valence-electron chi connectivity index (χ2n) is 5.76. The fourth-order valence-corrected chi connectivity index (χ4v) is 3.73. The zero-order valence-corrected chi connectivity index (χ0v) is 9.93. The topological polar surface area (TPSA) is 41.1 Å². The molecule has 0 radical (unpaired) electrons. The summed E-state index contributed by atoms with van der Waals surface area (Å²) in [6.07, 6.45) is 10.8. The maximum atomic E-state index is 12.3. The van der Waals surface area contributed by atoms with Crippen molar-refractivity contribution in [3.05, 3.63) is 0 Å². The first kappa shape index (κ1) is 10.6. The summed E-state index contributed by atoms with van der Waals surface area (Å²) in [7, 11) is 0. The second-order valence-corrected chi connectivity index (χ2v) is 5.76. The van der Waals surface area contributed by atoms with Crippen LogP contribution >= 0.6 is 0 Å². The molecule has 0 aromatic heterocycles. The highest BCUT2D eigenvalue weighted by atomic mass is 16.2. The van der Waals surface area contributed by atoms with Crippen LogP contribution < -0.4 is 10.6 Å². The van der Waals surface area contributed by atoms with E-state index in [2.05, 4.69) is 10.6 Å². The van der Waals surface area contributed by atoms with E-state index in [1.165, 1.54) is 44.9 Å². The summed E-state index contributed by atoms with van der Waals surface area (Å²) in [5, 5.41) is 6.99. The third-order valence-corrected chi connectivity index (χ3v) is 4.69. The molecule has 1 saturated heterocycles. The van der Waals surface area contributed by atoms with Crippen LogP contribution in [0.25, 0.3) is 0 Å². The summed E-state index contributed by atoms with van der Waals surface area (Å²) in [5.41, 5.74) is -0.198. The maximum Gasteiger partial charge on any atom is 0.240 e. The van der Waals surface area contributed by atoms with Gasteiger partial charge in [0.1, 0.15) is 0 Å². The third kappa shape index (κ3) is 1.65. The number of fused-ring (bicyclic) bond motifs is 1. The molecule has 3 fully saturated rings. The van der Waals surface area contributed by atoms with Gasteiger partial charge in [0.15, 0.2) is 0 Å². The summed E-state index contributed by atoms with van der Waals surface area (Å²) in [4.78, 5) is 12.3. The standard InChI is InChI=1S/C13H22N2O/c16-12-13(8-4-1-5-9-13)15-11-7-3-2-6-10(11)14-12/h10-11,15H,1-9H2,(H,14,16). The van der Waals surface area contributed by atoms with Crippen molar-refractivity contribution in [2.75, 3.05) is 0 Å². The number of piperazine rings is 1. The van der Waals surface area contributed by atoms with Gasteiger partial charge in [-0.25, -0.2) is 0 Å². The molecule has 2 saturated carbocycles. The molecule has 0 bridgehead atoms. The van der Waals surface area contributed by atoms with E-state index in [1.54, 1.807) is 0 Å². The van der Waals surface area contributed by atoms with Crippen LogP contribution in [0.2, 0.25) is 0 Å². The number of carbonyl (C=O) groups is 1. The summed E-state index contributed by atoms with van der Waals surface area (Å²) in [6, 6.07) is 0.957. The van der Waals surface area contributed by atoms with Gasteiger partial charge in [0.2, 0.25) is 5.91 Å². The Morgan fingerprint density at radius 3 is 2.38 bits per heavy atom. The zero-order valence-electron chi connectivity index (χ0n) is 9.93. The Labute approximate surface area is 97.4 Å². The van der Waals surface area contributed by atoms with Crippen molar-refractivity contribution in [1.29, 1.82) is 0 Å². The van der Waals surface area contributed by atoms with Gasteiger partial charge >= 0.3 is 0 Å². The normalized spacial score (nSPS) is 37.9. The van der Waals surface area contributed by atoms with E-state index in [-0.39, 0.29) is 11.4 Å². The van der Waals surface area contributed by atoms with Gasteiger partial charge in [-0.2, -0.15) is 0 Å². The molecule has 2 atom stereocenters. The minimum Gasteiger partial charge on any atom is -0.350 e. The number of nitrogens with one attached hydrogen (secondary N) is 2. The first-order valence-electron chi connectivity index (χ1n) is 6.89. The molecule has 16 heavy (non-hydrogen) atoms. The summed E-state index contributed by atoms with van der Waals surface area (Å²) in [5.74, 6) is 0.287. The predicted molar refractivity (Wildman–Crippen MR) is 63.1 cm³/mol. The van der Waals surface area contributed by atoms with Gasteiger partial charge in [-0.15, -0.1) is 0 Å². The molecule has 1 spiro atoms. The number of hydrogen-bond donors (Lipinski definition) is 2. The van der Waals surface area contributed by atoms with Crippen molar-refractivity contribution >= 4 is 5.91 Å². The van der Waals surface area contributed by atoms with Crippen LogP contribution in [-0.2, 0) is 4.79 Å². The lowest BCUT2D eigenvalue weighted by Gasteiger charge is -2.48. The molecule has 0 aromatic rings. The van der Waals surface area contributed by atoms with Crippen LogP contribution in [0.15, 0.2) is 0 Å². The fraction of sp³-hybridized carbons (Fsp3) is 0.923. The number of rotatable bonds is 0. The Morgan fingerprint density at radius 1 is 0.938 bits per heavy atom. The molecule has 3 rings (SSSR count). The van der Waals surface area contributed by atoms with Crippen LogP contribution in [0, 0.1) is 0 Å². The Morgan fingerprint density at radius 2 is 1.62 bits per heavy atom. The fourth-order valence-electron chi connectivity index (χ4n) is 3.73. The summed E-state index contributed by atoms with van der Waals surface area (Å²) < 4.78 is 0. The van der Waals surface area contributed by atoms with Gasteiger partial charge in [0.05, 0.1) is 5.54 Å². The second kappa shape index (κ2) is 4.02. The average Bonchev–Trinajstić information content (AvgIpc) is 2.32. The predicted octanol–water partition coefficient (Wildman–Crippen LogP) is 1.72. The van der Waals surface area contributed by atoms with Gasteiger partial charge in [-0.1, -0.05) is 32.1 Å². The minimum absolute atomic E-state index is 0.198. The smallest absolute Gasteiger partial charge is 0.240 e. The summed E-state index contributed by atoms with van der Waals surface area (Å²) >= 11 is 0. The monoisotopic (exact) mass is 222 g/mol. The van der Waals surface area contributed by atoms with Crippen molar-refractivity contribution in [2.24, 2.45) is 0 Å². The van der Waals surface area contributed by atoms with E-state index in [0.717, 1.165) is 12.8 Å². The minimum atomic E-state index is -0.198. The zero-order chi connectivity index (χ0) is 11.0. The molecule has 1 heterocycles. The molecule has 3 nitrogen and oxygen atoms in total. The lowest BCUT2D eigenvalue weighted by atomic mass is 9.76. The van der Waals surface area contributed by atoms with Crippen molar-refractivity contribution in [3.63, 3.8) is 0 Å². The van der Waals surface area contributed by atoms with Gasteiger partial charge in [0.25, 0.3) is 0 Å². The molecule has 90 valence electrons. The Bertz CT molecular complexity index is 284. The van der Waals surface area contributed by atoms with Crippen LogP contribution in [0.4, 0.5) is 0 Å². The SMILES string of the molecule is O=C1NC2CCCCC2NC12CCCCC2. The molecule has 3 aliphatic rings. The molecular weight excluding hydrogens is 200 g/mol. The van der Waals surface area contributed by atoms with Crippen LogP contribution in [0.3, 0.4) is 0 Å². The molecule has 3 heteroatoms. The molecule has 2 N–H and O–H groups in total. The lowest BCUT2D eigenvalue weighted by Crippen LogP contribution is -2.71. The third-order valence-electron chi connectivity index (χ3n) is 4.69. The maximum absolute atomic E-state index is 12.3. The van der Waals surface area contributed by atoms with Crippen LogP contribution in [0.1, 0.15) is 57.8 Å². The summed E-state index contributed by atoms with van der Waals surface area (Å²) in [6.45, 7) is 0. The molecular formula is C13H22N2O. The van der Waals surface area contributed by atoms with Crippen LogP contribution in [0.5, 0.6) is 0 Å². The van der Waals surface area contributed by atoms with E-state index in [1.807, 2.05) is 0 Å². The van der Waals surface area contributed by atoms with E-state index < -0.39 is 0 Å². The molecule has 1 aliphatic heterocycles. The highest BCUT2D eigenvalue weighted by Gasteiger charge is 2.47. The van der Waals surface area contributed by atoms with Crippen molar-refractivity contribution in [1.82, 2.24) is 10.6 Å². The van der Waals surface area contributed by atoms with E-state index in [0.29, 0.717) is 12.1 Å². The molecule has 2 aliphatic carbocycles. The van der Waals surface area contributed by atoms with Crippen molar-refractivity contribution < 1.29 is 4.79 Å². The average molecular weight is 222 g/mol. The van der Waals surface area contributed by atoms with Crippen molar-refractivity contribution in [3.8, 4) is 0 Å². The van der Waals surface area contributed by atoms with Gasteiger partial charge in [0, 0.05) is 12.1 Å². The molecule has 2 unspecified atom stereocenters. The van der Waals surface area contributed by atoms with Gasteiger partial charge < -0.3 is 5.32 Å². The van der Waals surface area contributed by atoms with E-state index >= 15 is 0 Å². The largest absolute Gasteiger partial charge is 0.350 e. The van der Waals surface area contributed by atoms with Crippen LogP contribution in [-0.4, -0.2) is 23.5 Å². The van der Waals surface area contributed by atoms with E-state index in [4.69, 9.17) is 0 Å². The first-order chi connectivity index (χ1) is 7.80. The number of hydrogen-bond acceptors (Lipinski definition) is 2. The van der Waals surface area contributed by atoms with Gasteiger partial charge in [-0.3, -0.25) is 10.1 Å². The van der Waals surface area contributed by atoms with Crippen molar-refractivity contribution in [2.45, 2.75) is 75.4 Å². The Balaban J connectivity index is 1.77. The Hall–Kier alpha value is -0.570. The van der Waals surface area contributed by atoms with E-state index in [9.17, 15) is 4.79 Å². The number of amides is 1. The highest BCUT2D eigenvalue weighted by Crippen LogP contribution is 2.34.